The lowest BCUT2D eigenvalue weighted by molar-refractivity contribution is 0.439. The van der Waals surface area contributed by atoms with Gasteiger partial charge in [-0.15, -0.1) is 0 Å². The number of benzene rings is 1. The number of hydrogen-bond donors (Lipinski definition) is 0. The minimum absolute atomic E-state index is 0.341. The van der Waals surface area contributed by atoms with E-state index in [9.17, 15) is 4.48 Å². The average molecular weight is 164 g/mol. The van der Waals surface area contributed by atoms with Gasteiger partial charge < -0.3 is 0 Å². The smallest absolute Gasteiger partial charge is 0.0776 e. The van der Waals surface area contributed by atoms with Gasteiger partial charge in [-0.2, -0.15) is 0 Å². The lowest BCUT2D eigenvalue weighted by Gasteiger charge is -2.11. The molecular weight excluding hydrogens is 155 g/mol. The summed E-state index contributed by atoms with van der Waals surface area (Å²) in [5.41, 5.74) is 1.45. The van der Waals surface area contributed by atoms with Crippen LogP contribution < -0.4 is 5.12 Å². The highest BCUT2D eigenvalue weighted by Gasteiger charge is 2.10. The van der Waals surface area contributed by atoms with Gasteiger partial charge >= 0.3 is 0 Å². The zero-order valence-electron chi connectivity index (χ0n) is 6.57. The predicted octanol–water partition coefficient (Wildman–Crippen LogP) is 1.81. The Bertz CT molecular complexity index is 309. The van der Waals surface area contributed by atoms with E-state index in [0.717, 1.165) is 10.7 Å². The zero-order valence-corrected chi connectivity index (χ0v) is 6.57. The number of benzodiazepines with no additional fused rings is 1. The molecule has 1 aliphatic heterocycles. The van der Waals surface area contributed by atoms with Gasteiger partial charge in [-0.25, -0.2) is 5.12 Å². The van der Waals surface area contributed by atoms with Crippen LogP contribution in [0, 0.1) is 0 Å². The first-order valence-electron chi connectivity index (χ1n) is 3.90. The highest BCUT2D eigenvalue weighted by molar-refractivity contribution is 5.88. The summed E-state index contributed by atoms with van der Waals surface area (Å²) >= 11 is 0. The molecular formula is C9H9FN2. The van der Waals surface area contributed by atoms with Crippen LogP contribution in [0.5, 0.6) is 0 Å². The summed E-state index contributed by atoms with van der Waals surface area (Å²) in [6.07, 6.45) is 1.72. The lowest BCUT2D eigenvalue weighted by atomic mass is 10.2. The SMILES string of the molecule is FN1CCN=Cc2ccccc21. The Balaban J connectivity index is 2.49. The molecule has 2 nitrogen and oxygen atoms in total. The van der Waals surface area contributed by atoms with E-state index in [1.165, 1.54) is 0 Å². The van der Waals surface area contributed by atoms with E-state index in [1.807, 2.05) is 18.2 Å². The maximum Gasteiger partial charge on any atom is 0.0776 e. The van der Waals surface area contributed by atoms with Crippen molar-refractivity contribution >= 4 is 11.9 Å². The summed E-state index contributed by atoms with van der Waals surface area (Å²) in [7, 11) is 0. The van der Waals surface area contributed by atoms with Crippen molar-refractivity contribution in [1.82, 2.24) is 0 Å². The molecule has 62 valence electrons. The molecule has 0 aliphatic carbocycles. The van der Waals surface area contributed by atoms with Gasteiger partial charge in [0.2, 0.25) is 0 Å². The Kier molecular flexibility index (Phi) is 1.78. The van der Waals surface area contributed by atoms with E-state index in [-0.39, 0.29) is 0 Å². The Morgan fingerprint density at radius 3 is 3.08 bits per heavy atom. The van der Waals surface area contributed by atoms with Crippen molar-refractivity contribution in [2.24, 2.45) is 4.99 Å². The number of fused-ring (bicyclic) bond motifs is 1. The van der Waals surface area contributed by atoms with E-state index in [4.69, 9.17) is 0 Å². The molecule has 0 amide bonds. The first kappa shape index (κ1) is 7.28. The third kappa shape index (κ3) is 1.18. The Morgan fingerprint density at radius 2 is 2.17 bits per heavy atom. The topological polar surface area (TPSA) is 15.6 Å². The van der Waals surface area contributed by atoms with Gasteiger partial charge in [-0.3, -0.25) is 4.99 Å². The van der Waals surface area contributed by atoms with E-state index < -0.39 is 0 Å². The van der Waals surface area contributed by atoms with Gasteiger partial charge in [0, 0.05) is 11.8 Å². The molecule has 0 aromatic heterocycles. The van der Waals surface area contributed by atoms with Gasteiger partial charge in [-0.05, 0) is 6.07 Å². The second kappa shape index (κ2) is 2.93. The van der Waals surface area contributed by atoms with Crippen molar-refractivity contribution in [2.45, 2.75) is 0 Å². The number of halogens is 1. The molecule has 0 radical (unpaired) electrons. The molecule has 0 saturated heterocycles. The van der Waals surface area contributed by atoms with Crippen molar-refractivity contribution in [3.05, 3.63) is 29.8 Å². The van der Waals surface area contributed by atoms with Gasteiger partial charge in [0.25, 0.3) is 0 Å². The molecule has 2 rings (SSSR count). The molecule has 1 aromatic carbocycles. The fraction of sp³-hybridized carbons (Fsp3) is 0.222. The summed E-state index contributed by atoms with van der Waals surface area (Å²) < 4.78 is 13.2. The lowest BCUT2D eigenvalue weighted by Crippen LogP contribution is -2.14. The summed E-state index contributed by atoms with van der Waals surface area (Å²) in [6.45, 7) is 0.860. The highest BCUT2D eigenvalue weighted by Crippen LogP contribution is 2.20. The highest BCUT2D eigenvalue weighted by atomic mass is 19.2. The van der Waals surface area contributed by atoms with Gasteiger partial charge in [0.05, 0.1) is 18.8 Å². The Labute approximate surface area is 70.3 Å². The summed E-state index contributed by atoms with van der Waals surface area (Å²) in [4.78, 5) is 4.06. The molecule has 3 heteroatoms. The first-order chi connectivity index (χ1) is 5.88. The number of anilines is 1. The van der Waals surface area contributed by atoms with Gasteiger partial charge in [0.15, 0.2) is 0 Å². The van der Waals surface area contributed by atoms with Crippen molar-refractivity contribution in [3.63, 3.8) is 0 Å². The largest absolute Gasteiger partial charge is 0.291 e. The van der Waals surface area contributed by atoms with Crippen molar-refractivity contribution < 1.29 is 4.48 Å². The monoisotopic (exact) mass is 164 g/mol. The third-order valence-corrected chi connectivity index (χ3v) is 1.85. The van der Waals surface area contributed by atoms with Crippen LogP contribution in [-0.4, -0.2) is 19.3 Å². The molecule has 0 spiro atoms. The minimum atomic E-state index is 0.341. The quantitative estimate of drug-likeness (QED) is 0.534. The molecule has 0 saturated carbocycles. The number of rotatable bonds is 0. The Hall–Kier alpha value is -1.38. The van der Waals surface area contributed by atoms with E-state index in [1.54, 1.807) is 12.3 Å². The zero-order chi connectivity index (χ0) is 8.39. The molecule has 1 heterocycles. The molecule has 0 unspecified atom stereocenters. The maximum atomic E-state index is 13.2. The number of nitrogens with zero attached hydrogens (tertiary/aromatic N) is 2. The van der Waals surface area contributed by atoms with Crippen LogP contribution >= 0.6 is 0 Å². The Morgan fingerprint density at radius 1 is 1.33 bits per heavy atom. The minimum Gasteiger partial charge on any atom is -0.291 e. The number of hydrogen-bond acceptors (Lipinski definition) is 2. The van der Waals surface area contributed by atoms with Gasteiger partial charge in [0.1, 0.15) is 0 Å². The van der Waals surface area contributed by atoms with Crippen molar-refractivity contribution in [3.8, 4) is 0 Å². The molecule has 0 N–H and O–H groups in total. The molecule has 0 atom stereocenters. The van der Waals surface area contributed by atoms with E-state index in [0.29, 0.717) is 18.8 Å². The van der Waals surface area contributed by atoms with Crippen LogP contribution in [0.25, 0.3) is 0 Å². The second-order valence-electron chi connectivity index (χ2n) is 2.68. The van der Waals surface area contributed by atoms with Crippen molar-refractivity contribution in [2.75, 3.05) is 18.2 Å². The summed E-state index contributed by atoms with van der Waals surface area (Å²) in [5, 5.41) is 0.738. The van der Waals surface area contributed by atoms with Crippen LogP contribution in [0.1, 0.15) is 5.56 Å². The summed E-state index contributed by atoms with van der Waals surface area (Å²) in [6, 6.07) is 7.32. The number of aliphatic imine (C=N–C) groups is 1. The normalized spacial score (nSPS) is 15.6. The number of para-hydroxylation sites is 1. The van der Waals surface area contributed by atoms with Crippen LogP contribution in [-0.2, 0) is 0 Å². The third-order valence-electron chi connectivity index (χ3n) is 1.85. The van der Waals surface area contributed by atoms with E-state index >= 15 is 0 Å². The molecule has 0 fully saturated rings. The maximum absolute atomic E-state index is 13.2. The van der Waals surface area contributed by atoms with Crippen LogP contribution in [0.4, 0.5) is 10.2 Å². The molecule has 12 heavy (non-hydrogen) atoms. The first-order valence-corrected chi connectivity index (χ1v) is 3.90. The fourth-order valence-corrected chi connectivity index (χ4v) is 1.25. The standard InChI is InChI=1S/C9H9FN2/c10-12-6-5-11-7-8-3-1-2-4-9(8)12/h1-4,7H,5-6H2. The predicted molar refractivity (Wildman–Crippen MR) is 47.4 cm³/mol. The average Bonchev–Trinajstić information content (AvgIpc) is 2.29. The second-order valence-corrected chi connectivity index (χ2v) is 2.68. The fourth-order valence-electron chi connectivity index (χ4n) is 1.25. The molecule has 1 aliphatic rings. The van der Waals surface area contributed by atoms with Crippen LogP contribution in [0.3, 0.4) is 0 Å². The van der Waals surface area contributed by atoms with Crippen LogP contribution in [0.15, 0.2) is 29.3 Å². The summed E-state index contributed by atoms with van der Waals surface area (Å²) in [5.74, 6) is 0. The van der Waals surface area contributed by atoms with E-state index in [2.05, 4.69) is 4.99 Å². The van der Waals surface area contributed by atoms with Gasteiger partial charge in [-0.1, -0.05) is 22.7 Å². The molecule has 1 aromatic rings. The van der Waals surface area contributed by atoms with Crippen molar-refractivity contribution in [1.29, 1.82) is 0 Å². The molecule has 0 bridgehead atoms. The van der Waals surface area contributed by atoms with Crippen LogP contribution in [0.2, 0.25) is 0 Å².